The Morgan fingerprint density at radius 2 is 1.45 bits per heavy atom. The zero-order valence-electron chi connectivity index (χ0n) is 18.4. The number of likely N-dealkylation sites (tertiary alicyclic amines) is 1. The van der Waals surface area contributed by atoms with Crippen LogP contribution in [0.15, 0.2) is 84.9 Å². The fourth-order valence-corrected chi connectivity index (χ4v) is 4.43. The molecule has 0 saturated carbocycles. The third-order valence-electron chi connectivity index (χ3n) is 6.33. The third kappa shape index (κ3) is 4.70. The van der Waals surface area contributed by atoms with Crippen LogP contribution < -0.4 is 10.2 Å². The Balaban J connectivity index is 1.21. The number of amides is 2. The van der Waals surface area contributed by atoms with E-state index in [2.05, 4.69) is 58.7 Å². The Labute approximate surface area is 193 Å². The topological polar surface area (TPSA) is 61.9 Å². The van der Waals surface area contributed by atoms with Crippen LogP contribution >= 0.6 is 0 Å². The van der Waals surface area contributed by atoms with Crippen molar-refractivity contribution in [3.8, 4) is 0 Å². The highest BCUT2D eigenvalue weighted by Crippen LogP contribution is 2.36. The summed E-state index contributed by atoms with van der Waals surface area (Å²) in [7, 11) is 0. The van der Waals surface area contributed by atoms with Crippen LogP contribution in [-0.2, 0) is 9.53 Å². The number of carbonyl (C=O) groups is 2. The van der Waals surface area contributed by atoms with Gasteiger partial charge in [0.15, 0.2) is 0 Å². The molecular formula is C27H27N3O3. The van der Waals surface area contributed by atoms with E-state index in [4.69, 9.17) is 4.74 Å². The molecule has 1 atom stereocenters. The van der Waals surface area contributed by atoms with Crippen LogP contribution in [-0.4, -0.2) is 42.6 Å². The van der Waals surface area contributed by atoms with Crippen LogP contribution in [0.1, 0.15) is 24.3 Å². The minimum absolute atomic E-state index is 0.0526. The summed E-state index contributed by atoms with van der Waals surface area (Å²) < 4.78 is 4.88. The molecular weight excluding hydrogens is 414 g/mol. The Bertz CT molecular complexity index is 1060. The molecule has 2 aliphatic heterocycles. The molecule has 0 aromatic heterocycles. The first-order valence-electron chi connectivity index (χ1n) is 11.4. The average Bonchev–Trinajstić information content (AvgIpc) is 3.24. The molecule has 0 aliphatic carbocycles. The number of hydrogen-bond donors (Lipinski definition) is 1. The second-order valence-electron chi connectivity index (χ2n) is 8.57. The van der Waals surface area contributed by atoms with E-state index in [0.717, 1.165) is 30.2 Å². The molecule has 5 rings (SSSR count). The fourth-order valence-electron chi connectivity index (χ4n) is 4.43. The van der Waals surface area contributed by atoms with Gasteiger partial charge in [0.2, 0.25) is 5.91 Å². The SMILES string of the molecule is O=C1N[C@H](CCC(=O)N2CC(c3ccc(N(c4ccccc4)c4ccccc4)cc3)C2)CO1. The number of carbonyl (C=O) groups excluding carboxylic acids is 2. The predicted octanol–water partition coefficient (Wildman–Crippen LogP) is 4.97. The lowest BCUT2D eigenvalue weighted by atomic mass is 9.90. The summed E-state index contributed by atoms with van der Waals surface area (Å²) in [6, 6.07) is 29.3. The van der Waals surface area contributed by atoms with Crippen molar-refractivity contribution < 1.29 is 14.3 Å². The summed E-state index contributed by atoms with van der Waals surface area (Å²) in [4.78, 5) is 27.7. The first-order valence-corrected chi connectivity index (χ1v) is 11.4. The summed E-state index contributed by atoms with van der Waals surface area (Å²) in [6.07, 6.45) is 0.663. The standard InChI is InChI=1S/C27H27N3O3/c31-26(16-13-22-19-33-27(32)28-22)29-17-21(18-29)20-11-14-25(15-12-20)30(23-7-3-1-4-8-23)24-9-5-2-6-10-24/h1-12,14-15,21-22H,13,16-19H2,(H,28,32)/t22-/m1/s1. The largest absolute Gasteiger partial charge is 0.447 e. The first kappa shape index (κ1) is 21.1. The smallest absolute Gasteiger partial charge is 0.407 e. The number of rotatable bonds is 7. The maximum absolute atomic E-state index is 12.5. The molecule has 0 spiro atoms. The van der Waals surface area contributed by atoms with Gasteiger partial charge in [0.25, 0.3) is 0 Å². The number of para-hydroxylation sites is 2. The molecule has 2 aliphatic rings. The van der Waals surface area contributed by atoms with Crippen LogP contribution in [0.2, 0.25) is 0 Å². The second-order valence-corrected chi connectivity index (χ2v) is 8.57. The van der Waals surface area contributed by atoms with Gasteiger partial charge in [-0.25, -0.2) is 4.79 Å². The number of cyclic esters (lactones) is 1. The van der Waals surface area contributed by atoms with Gasteiger partial charge < -0.3 is 19.9 Å². The van der Waals surface area contributed by atoms with E-state index in [1.807, 2.05) is 41.3 Å². The van der Waals surface area contributed by atoms with Crippen molar-refractivity contribution in [2.75, 3.05) is 24.6 Å². The van der Waals surface area contributed by atoms with E-state index < -0.39 is 6.09 Å². The van der Waals surface area contributed by atoms with Crippen LogP contribution in [0, 0.1) is 0 Å². The van der Waals surface area contributed by atoms with Crippen LogP contribution in [0.3, 0.4) is 0 Å². The molecule has 2 heterocycles. The number of hydrogen-bond acceptors (Lipinski definition) is 4. The molecule has 1 N–H and O–H groups in total. The normalized spacial score (nSPS) is 17.8. The number of alkyl carbamates (subject to hydrolysis) is 1. The van der Waals surface area contributed by atoms with Gasteiger partial charge in [-0.2, -0.15) is 0 Å². The van der Waals surface area contributed by atoms with Crippen LogP contribution in [0.5, 0.6) is 0 Å². The summed E-state index contributed by atoms with van der Waals surface area (Å²) in [5, 5.41) is 2.72. The van der Waals surface area contributed by atoms with Crippen molar-refractivity contribution in [1.29, 1.82) is 0 Å². The molecule has 0 bridgehead atoms. The van der Waals surface area contributed by atoms with Gasteiger partial charge >= 0.3 is 6.09 Å². The van der Waals surface area contributed by atoms with E-state index in [0.29, 0.717) is 25.4 Å². The summed E-state index contributed by atoms with van der Waals surface area (Å²) in [5.74, 6) is 0.503. The van der Waals surface area contributed by atoms with Crippen molar-refractivity contribution in [3.05, 3.63) is 90.5 Å². The van der Waals surface area contributed by atoms with Gasteiger partial charge in [0.1, 0.15) is 6.61 Å². The molecule has 3 aromatic carbocycles. The van der Waals surface area contributed by atoms with Gasteiger partial charge in [0.05, 0.1) is 6.04 Å². The van der Waals surface area contributed by atoms with Crippen molar-refractivity contribution in [2.24, 2.45) is 0 Å². The lowest BCUT2D eigenvalue weighted by molar-refractivity contribution is -0.135. The number of nitrogens with zero attached hydrogens (tertiary/aromatic N) is 2. The first-order chi connectivity index (χ1) is 16.2. The lowest BCUT2D eigenvalue weighted by Gasteiger charge is -2.40. The van der Waals surface area contributed by atoms with E-state index >= 15 is 0 Å². The zero-order chi connectivity index (χ0) is 22.6. The molecule has 168 valence electrons. The Kier molecular flexibility index (Phi) is 5.98. The summed E-state index contributed by atoms with van der Waals surface area (Å²) >= 11 is 0. The minimum atomic E-state index is -0.391. The third-order valence-corrected chi connectivity index (χ3v) is 6.33. The Morgan fingerprint density at radius 1 is 0.879 bits per heavy atom. The number of ether oxygens (including phenoxy) is 1. The van der Waals surface area contributed by atoms with E-state index in [1.54, 1.807) is 0 Å². The molecule has 6 heteroatoms. The predicted molar refractivity (Wildman–Crippen MR) is 128 cm³/mol. The minimum Gasteiger partial charge on any atom is -0.447 e. The number of benzene rings is 3. The monoisotopic (exact) mass is 441 g/mol. The van der Waals surface area contributed by atoms with Crippen LogP contribution in [0.25, 0.3) is 0 Å². The molecule has 2 fully saturated rings. The average molecular weight is 442 g/mol. The molecule has 2 amide bonds. The maximum Gasteiger partial charge on any atom is 0.407 e. The fraction of sp³-hybridized carbons (Fsp3) is 0.259. The van der Waals surface area contributed by atoms with Gasteiger partial charge in [-0.3, -0.25) is 4.79 Å². The van der Waals surface area contributed by atoms with Gasteiger partial charge in [-0.1, -0.05) is 48.5 Å². The summed E-state index contributed by atoms with van der Waals surface area (Å²) in [5.41, 5.74) is 4.58. The Hall–Kier alpha value is -3.80. The second kappa shape index (κ2) is 9.36. The zero-order valence-corrected chi connectivity index (χ0v) is 18.4. The molecule has 2 saturated heterocycles. The number of nitrogens with one attached hydrogen (secondary N) is 1. The molecule has 0 radical (unpaired) electrons. The quantitative estimate of drug-likeness (QED) is 0.562. The van der Waals surface area contributed by atoms with Crippen molar-refractivity contribution in [1.82, 2.24) is 10.2 Å². The molecule has 6 nitrogen and oxygen atoms in total. The Morgan fingerprint density at radius 3 is 2.00 bits per heavy atom. The van der Waals surface area contributed by atoms with Crippen molar-refractivity contribution >= 4 is 29.1 Å². The van der Waals surface area contributed by atoms with Crippen LogP contribution in [0.4, 0.5) is 21.9 Å². The van der Waals surface area contributed by atoms with Crippen molar-refractivity contribution in [3.63, 3.8) is 0 Å². The highest BCUT2D eigenvalue weighted by Gasteiger charge is 2.32. The highest BCUT2D eigenvalue weighted by molar-refractivity contribution is 5.78. The van der Waals surface area contributed by atoms with Gasteiger partial charge in [-0.05, 0) is 48.4 Å². The van der Waals surface area contributed by atoms with E-state index in [9.17, 15) is 9.59 Å². The number of anilines is 3. The summed E-state index contributed by atoms with van der Waals surface area (Å²) in [6.45, 7) is 1.84. The molecule has 0 unspecified atom stereocenters. The molecule has 3 aromatic rings. The van der Waals surface area contributed by atoms with Gasteiger partial charge in [-0.15, -0.1) is 0 Å². The van der Waals surface area contributed by atoms with Crippen molar-refractivity contribution in [2.45, 2.75) is 24.8 Å². The molecule has 33 heavy (non-hydrogen) atoms. The highest BCUT2D eigenvalue weighted by atomic mass is 16.6. The maximum atomic E-state index is 12.5. The van der Waals surface area contributed by atoms with E-state index in [1.165, 1.54) is 5.56 Å². The van der Waals surface area contributed by atoms with Gasteiger partial charge in [0, 0.05) is 42.5 Å². The lowest BCUT2D eigenvalue weighted by Crippen LogP contribution is -2.48. The van der Waals surface area contributed by atoms with E-state index in [-0.39, 0.29) is 11.9 Å².